The number of rotatable bonds is 4. The van der Waals surface area contributed by atoms with Gasteiger partial charge in [-0.05, 0) is 35.9 Å². The molecule has 0 radical (unpaired) electrons. The Morgan fingerprint density at radius 2 is 2.18 bits per heavy atom. The molecule has 0 saturated heterocycles. The molecule has 2 heterocycles. The first kappa shape index (κ1) is 16.3. The fourth-order valence-corrected chi connectivity index (χ4v) is 2.35. The number of fused-ring (bicyclic) bond motifs is 1. The van der Waals surface area contributed by atoms with Crippen LogP contribution in [0.1, 0.15) is 12.0 Å². The third-order valence-corrected chi connectivity index (χ3v) is 3.37. The third kappa shape index (κ3) is 3.55. The van der Waals surface area contributed by atoms with Gasteiger partial charge in [-0.25, -0.2) is 4.98 Å². The van der Waals surface area contributed by atoms with E-state index in [9.17, 15) is 4.79 Å². The molecule has 0 atom stereocenters. The first-order valence-electron chi connectivity index (χ1n) is 6.99. The number of hydrogen-bond acceptors (Lipinski definition) is 4. The molecule has 0 unspecified atom stereocenters. The summed E-state index contributed by atoms with van der Waals surface area (Å²) < 4.78 is 5.50. The summed E-state index contributed by atoms with van der Waals surface area (Å²) in [5.41, 5.74) is 8.42. The van der Waals surface area contributed by atoms with E-state index < -0.39 is 0 Å². The molecule has 0 spiro atoms. The van der Waals surface area contributed by atoms with Crippen LogP contribution in [0, 0.1) is 0 Å². The van der Waals surface area contributed by atoms with E-state index in [2.05, 4.69) is 16.4 Å². The van der Waals surface area contributed by atoms with Crippen molar-refractivity contribution < 1.29 is 9.53 Å². The minimum absolute atomic E-state index is 0. The van der Waals surface area contributed by atoms with E-state index in [-0.39, 0.29) is 18.3 Å². The summed E-state index contributed by atoms with van der Waals surface area (Å²) in [6, 6.07) is 11.6. The van der Waals surface area contributed by atoms with E-state index in [0.29, 0.717) is 18.8 Å². The highest BCUT2D eigenvalue weighted by Crippen LogP contribution is 2.30. The summed E-state index contributed by atoms with van der Waals surface area (Å²) in [4.78, 5) is 16.0. The molecule has 1 aromatic heterocycles. The number of nitrogens with one attached hydrogen (secondary N) is 1. The lowest BCUT2D eigenvalue weighted by Gasteiger charge is -2.07. The lowest BCUT2D eigenvalue weighted by Crippen LogP contribution is -2.16. The number of pyridine rings is 1. The topological polar surface area (TPSA) is 77.2 Å². The predicted molar refractivity (Wildman–Crippen MR) is 88.4 cm³/mol. The highest BCUT2D eigenvalue weighted by atomic mass is 35.5. The van der Waals surface area contributed by atoms with Crippen molar-refractivity contribution in [1.29, 1.82) is 0 Å². The molecule has 0 saturated carbocycles. The zero-order valence-electron chi connectivity index (χ0n) is 12.0. The quantitative estimate of drug-likeness (QED) is 0.907. The highest BCUT2D eigenvalue weighted by Gasteiger charge is 2.13. The van der Waals surface area contributed by atoms with Gasteiger partial charge in [0, 0.05) is 24.9 Å². The highest BCUT2D eigenvalue weighted by molar-refractivity contribution is 5.90. The van der Waals surface area contributed by atoms with Crippen LogP contribution in [0.2, 0.25) is 0 Å². The van der Waals surface area contributed by atoms with Gasteiger partial charge in [-0.3, -0.25) is 4.79 Å². The maximum Gasteiger partial charge on any atom is 0.226 e. The van der Waals surface area contributed by atoms with Crippen molar-refractivity contribution in [2.45, 2.75) is 12.8 Å². The Balaban J connectivity index is 0.00000176. The normalized spacial score (nSPS) is 12.0. The van der Waals surface area contributed by atoms with E-state index in [0.717, 1.165) is 30.0 Å². The van der Waals surface area contributed by atoms with Gasteiger partial charge in [-0.2, -0.15) is 0 Å². The Hall–Kier alpha value is -2.11. The molecule has 1 aromatic carbocycles. The Labute approximate surface area is 135 Å². The average Bonchev–Trinajstić information content (AvgIpc) is 2.95. The Morgan fingerprint density at radius 1 is 1.32 bits per heavy atom. The lowest BCUT2D eigenvalue weighted by molar-refractivity contribution is -0.116. The van der Waals surface area contributed by atoms with Crippen LogP contribution in [0.3, 0.4) is 0 Å². The van der Waals surface area contributed by atoms with Gasteiger partial charge in [-0.1, -0.05) is 6.07 Å². The minimum Gasteiger partial charge on any atom is -0.493 e. The predicted octanol–water partition coefficient (Wildman–Crippen LogP) is 2.39. The number of nitrogens with zero attached hydrogens (tertiary/aromatic N) is 1. The van der Waals surface area contributed by atoms with Crippen molar-refractivity contribution in [3.63, 3.8) is 0 Å². The summed E-state index contributed by atoms with van der Waals surface area (Å²) in [7, 11) is 0. The molecule has 3 rings (SSSR count). The molecule has 6 heteroatoms. The number of ether oxygens (including phenoxy) is 1. The maximum absolute atomic E-state index is 11.6. The number of carbonyl (C=O) groups is 1. The van der Waals surface area contributed by atoms with Crippen molar-refractivity contribution in [3.05, 3.63) is 42.0 Å². The van der Waals surface area contributed by atoms with Crippen LogP contribution in [0.15, 0.2) is 36.4 Å². The summed E-state index contributed by atoms with van der Waals surface area (Å²) >= 11 is 0. The van der Waals surface area contributed by atoms with Crippen LogP contribution in [-0.4, -0.2) is 24.0 Å². The van der Waals surface area contributed by atoms with Crippen molar-refractivity contribution in [1.82, 2.24) is 4.98 Å². The van der Waals surface area contributed by atoms with Crippen LogP contribution >= 0.6 is 12.4 Å². The van der Waals surface area contributed by atoms with Crippen LogP contribution in [0.25, 0.3) is 11.3 Å². The number of aromatic nitrogens is 1. The Bertz CT molecular complexity index is 676. The van der Waals surface area contributed by atoms with Gasteiger partial charge in [0.15, 0.2) is 0 Å². The lowest BCUT2D eigenvalue weighted by atomic mass is 10.1. The first-order valence-corrected chi connectivity index (χ1v) is 6.99. The summed E-state index contributed by atoms with van der Waals surface area (Å²) in [6.45, 7) is 1.07. The molecule has 5 nitrogen and oxygen atoms in total. The zero-order chi connectivity index (χ0) is 14.7. The van der Waals surface area contributed by atoms with Crippen molar-refractivity contribution in [2.24, 2.45) is 5.73 Å². The van der Waals surface area contributed by atoms with Crippen LogP contribution in [0.5, 0.6) is 5.75 Å². The molecule has 22 heavy (non-hydrogen) atoms. The van der Waals surface area contributed by atoms with Gasteiger partial charge in [0.05, 0.1) is 12.3 Å². The number of benzene rings is 1. The van der Waals surface area contributed by atoms with Gasteiger partial charge < -0.3 is 15.8 Å². The number of anilines is 1. The van der Waals surface area contributed by atoms with Gasteiger partial charge >= 0.3 is 0 Å². The second kappa shape index (κ2) is 7.24. The van der Waals surface area contributed by atoms with Gasteiger partial charge in [-0.15, -0.1) is 12.4 Å². The third-order valence-electron chi connectivity index (χ3n) is 3.37. The largest absolute Gasteiger partial charge is 0.493 e. The fourth-order valence-electron chi connectivity index (χ4n) is 2.35. The molecule has 1 aliphatic heterocycles. The molecule has 1 aliphatic rings. The molecule has 3 N–H and O–H groups in total. The molecule has 0 fully saturated rings. The number of hydrogen-bond donors (Lipinski definition) is 2. The fraction of sp³-hybridized carbons (Fsp3) is 0.250. The molecular weight excluding hydrogens is 302 g/mol. The Kier molecular flexibility index (Phi) is 5.35. The van der Waals surface area contributed by atoms with Crippen molar-refractivity contribution in [2.75, 3.05) is 18.5 Å². The summed E-state index contributed by atoms with van der Waals surface area (Å²) in [5, 5.41) is 2.75. The molecule has 116 valence electrons. The van der Waals surface area contributed by atoms with E-state index in [1.165, 1.54) is 5.56 Å². The van der Waals surface area contributed by atoms with Gasteiger partial charge in [0.2, 0.25) is 5.91 Å². The van der Waals surface area contributed by atoms with Crippen LogP contribution in [-0.2, 0) is 11.2 Å². The zero-order valence-corrected chi connectivity index (χ0v) is 12.9. The molecular formula is C16H18ClN3O2. The monoisotopic (exact) mass is 319 g/mol. The minimum atomic E-state index is -0.121. The Morgan fingerprint density at radius 3 is 3.00 bits per heavy atom. The molecule has 1 amide bonds. The standard InChI is InChI=1S/C16H17N3O2.ClH/c17-8-6-16(20)19-15-3-1-2-13(18-15)11-4-5-14-12(10-11)7-9-21-14;/h1-5,10H,6-9,17H2,(H,18,19,20);1H. The second-order valence-corrected chi connectivity index (χ2v) is 4.92. The van der Waals surface area contributed by atoms with E-state index in [1.807, 2.05) is 24.3 Å². The van der Waals surface area contributed by atoms with Gasteiger partial charge in [0.25, 0.3) is 0 Å². The molecule has 0 bridgehead atoms. The number of nitrogens with two attached hydrogens (primary N) is 1. The van der Waals surface area contributed by atoms with Crippen LogP contribution < -0.4 is 15.8 Å². The van der Waals surface area contributed by atoms with E-state index in [1.54, 1.807) is 6.07 Å². The first-order chi connectivity index (χ1) is 10.3. The molecule has 0 aliphatic carbocycles. The van der Waals surface area contributed by atoms with E-state index >= 15 is 0 Å². The maximum atomic E-state index is 11.6. The number of halogens is 1. The van der Waals surface area contributed by atoms with Crippen LogP contribution in [0.4, 0.5) is 5.82 Å². The number of carbonyl (C=O) groups excluding carboxylic acids is 1. The summed E-state index contributed by atoms with van der Waals surface area (Å²) in [5.74, 6) is 1.37. The smallest absolute Gasteiger partial charge is 0.226 e. The van der Waals surface area contributed by atoms with E-state index in [4.69, 9.17) is 10.5 Å². The average molecular weight is 320 g/mol. The SMILES string of the molecule is Cl.NCCC(=O)Nc1cccc(-c2ccc3c(c2)CCO3)n1. The van der Waals surface area contributed by atoms with Crippen molar-refractivity contribution >= 4 is 24.1 Å². The number of amides is 1. The second-order valence-electron chi connectivity index (χ2n) is 4.92. The van der Waals surface area contributed by atoms with Gasteiger partial charge in [0.1, 0.15) is 11.6 Å². The summed E-state index contributed by atoms with van der Waals surface area (Å²) in [6.07, 6.45) is 1.22. The van der Waals surface area contributed by atoms with Crippen molar-refractivity contribution in [3.8, 4) is 17.0 Å². The molecule has 2 aromatic rings.